The van der Waals surface area contributed by atoms with Gasteiger partial charge >= 0.3 is 0 Å². The number of carbonyl (C=O) groups excluding carboxylic acids is 1. The van der Waals surface area contributed by atoms with Crippen LogP contribution in [-0.4, -0.2) is 17.4 Å². The van der Waals surface area contributed by atoms with E-state index in [0.29, 0.717) is 0 Å². The largest absolute Gasteiger partial charge is 0.384 e. The lowest BCUT2D eigenvalue weighted by Gasteiger charge is -2.08. The van der Waals surface area contributed by atoms with Crippen LogP contribution in [-0.2, 0) is 6.42 Å². The molecule has 0 spiro atoms. The highest BCUT2D eigenvalue weighted by Gasteiger charge is 2.18. The Morgan fingerprint density at radius 1 is 1.22 bits per heavy atom. The average Bonchev–Trinajstić information content (AvgIpc) is 2.87. The zero-order valence-electron chi connectivity index (χ0n) is 9.81. The monoisotopic (exact) mass is 239 g/mol. The third-order valence-corrected chi connectivity index (χ3v) is 3.05. The van der Waals surface area contributed by atoms with E-state index in [2.05, 4.69) is 15.6 Å². The van der Waals surface area contributed by atoms with Gasteiger partial charge in [-0.25, -0.2) is 0 Å². The van der Waals surface area contributed by atoms with Crippen molar-refractivity contribution in [2.45, 2.75) is 6.42 Å². The minimum absolute atomic E-state index is 0.0678. The van der Waals surface area contributed by atoms with Crippen LogP contribution in [0.5, 0.6) is 0 Å². The fraction of sp³-hybridized carbons (Fsp3) is 0.143. The van der Waals surface area contributed by atoms with Gasteiger partial charge in [-0.1, -0.05) is 6.07 Å². The first-order valence-electron chi connectivity index (χ1n) is 5.92. The maximum Gasteiger partial charge on any atom is 0.256 e. The second-order valence-electron chi connectivity index (χ2n) is 4.20. The van der Waals surface area contributed by atoms with Crippen molar-refractivity contribution < 1.29 is 4.79 Å². The molecular formula is C14H13N3O. The lowest BCUT2D eigenvalue weighted by atomic mass is 10.0. The van der Waals surface area contributed by atoms with Crippen LogP contribution in [0, 0.1) is 0 Å². The maximum absolute atomic E-state index is 12.2. The summed E-state index contributed by atoms with van der Waals surface area (Å²) in [6.07, 6.45) is 4.22. The number of pyridine rings is 1. The molecule has 1 amide bonds. The molecule has 0 saturated heterocycles. The SMILES string of the molecule is O=C(Nc1ccncc1)c1cccc2c1CCN2. The molecule has 0 aliphatic carbocycles. The van der Waals surface area contributed by atoms with Crippen molar-refractivity contribution in [1.29, 1.82) is 0 Å². The topological polar surface area (TPSA) is 54.0 Å². The Hall–Kier alpha value is -2.36. The molecule has 90 valence electrons. The minimum Gasteiger partial charge on any atom is -0.384 e. The van der Waals surface area contributed by atoms with E-state index in [1.807, 2.05) is 18.2 Å². The molecule has 1 aliphatic rings. The van der Waals surface area contributed by atoms with Crippen LogP contribution in [0.3, 0.4) is 0 Å². The van der Waals surface area contributed by atoms with Crippen molar-refractivity contribution in [2.24, 2.45) is 0 Å². The number of anilines is 2. The number of nitrogens with one attached hydrogen (secondary N) is 2. The summed E-state index contributed by atoms with van der Waals surface area (Å²) in [6, 6.07) is 9.32. The van der Waals surface area contributed by atoms with Crippen molar-refractivity contribution in [3.63, 3.8) is 0 Å². The van der Waals surface area contributed by atoms with E-state index in [0.717, 1.165) is 35.5 Å². The molecule has 0 unspecified atom stereocenters. The summed E-state index contributed by atoms with van der Waals surface area (Å²) in [7, 11) is 0. The van der Waals surface area contributed by atoms with Crippen LogP contribution in [0.4, 0.5) is 11.4 Å². The second-order valence-corrected chi connectivity index (χ2v) is 4.20. The van der Waals surface area contributed by atoms with Gasteiger partial charge in [0.05, 0.1) is 0 Å². The molecule has 1 aromatic carbocycles. The zero-order chi connectivity index (χ0) is 12.4. The molecule has 2 heterocycles. The summed E-state index contributed by atoms with van der Waals surface area (Å²) in [5.41, 5.74) is 3.68. The third kappa shape index (κ3) is 1.93. The van der Waals surface area contributed by atoms with Gasteiger partial charge in [0.25, 0.3) is 5.91 Å². The van der Waals surface area contributed by atoms with Crippen molar-refractivity contribution in [3.05, 3.63) is 53.9 Å². The molecule has 0 radical (unpaired) electrons. The summed E-state index contributed by atoms with van der Waals surface area (Å²) in [4.78, 5) is 16.1. The number of aromatic nitrogens is 1. The van der Waals surface area contributed by atoms with Crippen LogP contribution in [0.1, 0.15) is 15.9 Å². The summed E-state index contributed by atoms with van der Waals surface area (Å²) in [6.45, 7) is 0.898. The second kappa shape index (κ2) is 4.49. The van der Waals surface area contributed by atoms with E-state index in [-0.39, 0.29) is 5.91 Å². The van der Waals surface area contributed by atoms with E-state index in [4.69, 9.17) is 0 Å². The fourth-order valence-corrected chi connectivity index (χ4v) is 2.19. The lowest BCUT2D eigenvalue weighted by molar-refractivity contribution is 0.102. The third-order valence-electron chi connectivity index (χ3n) is 3.05. The van der Waals surface area contributed by atoms with Gasteiger partial charge in [-0.05, 0) is 36.2 Å². The Morgan fingerprint density at radius 2 is 2.06 bits per heavy atom. The molecule has 3 rings (SSSR count). The molecule has 0 fully saturated rings. The van der Waals surface area contributed by atoms with Crippen LogP contribution in [0.15, 0.2) is 42.7 Å². The van der Waals surface area contributed by atoms with Gasteiger partial charge in [-0.15, -0.1) is 0 Å². The molecule has 2 aromatic rings. The molecule has 0 saturated carbocycles. The number of fused-ring (bicyclic) bond motifs is 1. The van der Waals surface area contributed by atoms with Gasteiger partial charge in [-0.3, -0.25) is 9.78 Å². The van der Waals surface area contributed by atoms with E-state index in [1.54, 1.807) is 24.5 Å². The predicted molar refractivity (Wildman–Crippen MR) is 70.8 cm³/mol. The number of hydrogen-bond donors (Lipinski definition) is 2. The molecule has 4 nitrogen and oxygen atoms in total. The number of nitrogens with zero attached hydrogens (tertiary/aromatic N) is 1. The summed E-state index contributed by atoms with van der Waals surface area (Å²) < 4.78 is 0. The zero-order valence-corrected chi connectivity index (χ0v) is 9.81. The first kappa shape index (κ1) is 10.8. The van der Waals surface area contributed by atoms with Gasteiger partial charge in [0.2, 0.25) is 0 Å². The van der Waals surface area contributed by atoms with Crippen molar-refractivity contribution in [3.8, 4) is 0 Å². The Balaban J connectivity index is 1.88. The van der Waals surface area contributed by atoms with Crippen molar-refractivity contribution in [2.75, 3.05) is 17.2 Å². The minimum atomic E-state index is -0.0678. The number of amides is 1. The standard InChI is InChI=1S/C14H13N3O/c18-14(17-10-4-7-15-8-5-10)12-2-1-3-13-11(12)6-9-16-13/h1-5,7-8,16H,6,9H2,(H,15,17,18). The molecule has 4 heteroatoms. The molecule has 18 heavy (non-hydrogen) atoms. The molecule has 0 bridgehead atoms. The first-order valence-corrected chi connectivity index (χ1v) is 5.92. The van der Waals surface area contributed by atoms with Gasteiger partial charge in [0, 0.05) is 35.9 Å². The summed E-state index contributed by atoms with van der Waals surface area (Å²) in [5, 5.41) is 6.15. The molecular weight excluding hydrogens is 226 g/mol. The van der Waals surface area contributed by atoms with Crippen molar-refractivity contribution >= 4 is 17.3 Å². The van der Waals surface area contributed by atoms with E-state index >= 15 is 0 Å². The molecule has 2 N–H and O–H groups in total. The van der Waals surface area contributed by atoms with E-state index in [1.165, 1.54) is 0 Å². The molecule has 1 aliphatic heterocycles. The molecule has 1 aromatic heterocycles. The highest BCUT2D eigenvalue weighted by atomic mass is 16.1. The Bertz CT molecular complexity index is 581. The van der Waals surface area contributed by atoms with Gasteiger partial charge in [0.15, 0.2) is 0 Å². The van der Waals surface area contributed by atoms with E-state index < -0.39 is 0 Å². The Kier molecular flexibility index (Phi) is 2.68. The van der Waals surface area contributed by atoms with Gasteiger partial charge in [0.1, 0.15) is 0 Å². The van der Waals surface area contributed by atoms with E-state index in [9.17, 15) is 4.79 Å². The highest BCUT2D eigenvalue weighted by Crippen LogP contribution is 2.25. The number of carbonyl (C=O) groups is 1. The fourth-order valence-electron chi connectivity index (χ4n) is 2.19. The highest BCUT2D eigenvalue weighted by molar-refractivity contribution is 6.06. The quantitative estimate of drug-likeness (QED) is 0.845. The summed E-state index contributed by atoms with van der Waals surface area (Å²) >= 11 is 0. The first-order chi connectivity index (χ1) is 8.84. The van der Waals surface area contributed by atoms with Crippen LogP contribution < -0.4 is 10.6 Å². The smallest absolute Gasteiger partial charge is 0.256 e. The normalized spacial score (nSPS) is 12.7. The van der Waals surface area contributed by atoms with Crippen molar-refractivity contribution in [1.82, 2.24) is 4.98 Å². The van der Waals surface area contributed by atoms with Gasteiger partial charge < -0.3 is 10.6 Å². The number of rotatable bonds is 2. The van der Waals surface area contributed by atoms with Crippen LogP contribution in [0.25, 0.3) is 0 Å². The van der Waals surface area contributed by atoms with Crippen LogP contribution >= 0.6 is 0 Å². The Morgan fingerprint density at radius 3 is 2.89 bits per heavy atom. The molecule has 0 atom stereocenters. The van der Waals surface area contributed by atoms with Gasteiger partial charge in [-0.2, -0.15) is 0 Å². The van der Waals surface area contributed by atoms with Crippen LogP contribution in [0.2, 0.25) is 0 Å². The Labute approximate surface area is 105 Å². The average molecular weight is 239 g/mol. The maximum atomic E-state index is 12.2. The lowest BCUT2D eigenvalue weighted by Crippen LogP contribution is -2.13. The summed E-state index contributed by atoms with van der Waals surface area (Å²) in [5.74, 6) is -0.0678. The number of benzene rings is 1. The predicted octanol–water partition coefficient (Wildman–Crippen LogP) is 2.30. The number of hydrogen-bond acceptors (Lipinski definition) is 3.